The fourth-order valence-corrected chi connectivity index (χ4v) is 2.32. The van der Waals surface area contributed by atoms with Gasteiger partial charge in [0.1, 0.15) is 11.6 Å². The highest BCUT2D eigenvalue weighted by Gasteiger charge is 2.12. The highest BCUT2D eigenvalue weighted by molar-refractivity contribution is 5.94. The van der Waals surface area contributed by atoms with Gasteiger partial charge in [0.15, 0.2) is 0 Å². The Morgan fingerprint density at radius 2 is 1.87 bits per heavy atom. The zero-order valence-electron chi connectivity index (χ0n) is 13.2. The van der Waals surface area contributed by atoms with Crippen molar-refractivity contribution in [3.05, 3.63) is 59.2 Å². The van der Waals surface area contributed by atoms with Crippen LogP contribution in [0.25, 0.3) is 11.1 Å². The Hall–Kier alpha value is -2.27. The molecule has 3 nitrogen and oxygen atoms in total. The first-order chi connectivity index (χ1) is 10.9. The van der Waals surface area contributed by atoms with Crippen LogP contribution in [0.1, 0.15) is 29.3 Å². The number of benzene rings is 2. The standard InChI is InChI=1S/C18H20F2N2O/c1-11-9-14(19)4-6-15(11)16-5-3-13(10-17(16)20)18(23)22-8-7-12(2)21/h3-6,9-10,12H,7-8,21H2,1-2H3,(H,22,23). The molecule has 0 saturated carbocycles. The largest absolute Gasteiger partial charge is 0.352 e. The molecule has 0 aromatic heterocycles. The minimum Gasteiger partial charge on any atom is -0.352 e. The van der Waals surface area contributed by atoms with Crippen LogP contribution in [0.15, 0.2) is 36.4 Å². The molecule has 0 aliphatic rings. The van der Waals surface area contributed by atoms with Crippen LogP contribution in [0.4, 0.5) is 8.78 Å². The lowest BCUT2D eigenvalue weighted by Gasteiger charge is -2.10. The van der Waals surface area contributed by atoms with E-state index in [9.17, 15) is 13.6 Å². The summed E-state index contributed by atoms with van der Waals surface area (Å²) in [6.07, 6.45) is 0.654. The van der Waals surface area contributed by atoms with Crippen LogP contribution in [0.3, 0.4) is 0 Å². The highest BCUT2D eigenvalue weighted by Crippen LogP contribution is 2.27. The fraction of sp³-hybridized carbons (Fsp3) is 0.278. The Kier molecular flexibility index (Phi) is 5.45. The van der Waals surface area contributed by atoms with Gasteiger partial charge in [-0.15, -0.1) is 0 Å². The van der Waals surface area contributed by atoms with Crippen molar-refractivity contribution >= 4 is 5.91 Å². The SMILES string of the molecule is Cc1cc(F)ccc1-c1ccc(C(=O)NCCC(C)N)cc1F. The van der Waals surface area contributed by atoms with Gasteiger partial charge in [-0.25, -0.2) is 8.78 Å². The van der Waals surface area contributed by atoms with Crippen molar-refractivity contribution in [2.24, 2.45) is 5.73 Å². The molecule has 3 N–H and O–H groups in total. The summed E-state index contributed by atoms with van der Waals surface area (Å²) in [6, 6.07) is 8.46. The molecule has 0 heterocycles. The highest BCUT2D eigenvalue weighted by atomic mass is 19.1. The van der Waals surface area contributed by atoms with Gasteiger partial charge in [-0.3, -0.25) is 4.79 Å². The van der Waals surface area contributed by atoms with E-state index in [2.05, 4.69) is 5.32 Å². The average molecular weight is 318 g/mol. The average Bonchev–Trinajstić information content (AvgIpc) is 2.47. The number of hydrogen-bond acceptors (Lipinski definition) is 2. The molecule has 0 saturated heterocycles. The summed E-state index contributed by atoms with van der Waals surface area (Å²) in [7, 11) is 0. The molecule has 0 aliphatic heterocycles. The molecule has 23 heavy (non-hydrogen) atoms. The summed E-state index contributed by atoms with van der Waals surface area (Å²) in [6.45, 7) is 4.01. The van der Waals surface area contributed by atoms with Crippen molar-refractivity contribution in [3.63, 3.8) is 0 Å². The third kappa shape index (κ3) is 4.36. The Labute approximate surface area is 134 Å². The van der Waals surface area contributed by atoms with E-state index >= 15 is 0 Å². The fourth-order valence-electron chi connectivity index (χ4n) is 2.32. The van der Waals surface area contributed by atoms with E-state index in [0.717, 1.165) is 0 Å². The van der Waals surface area contributed by atoms with Gasteiger partial charge >= 0.3 is 0 Å². The number of rotatable bonds is 5. The number of hydrogen-bond donors (Lipinski definition) is 2. The van der Waals surface area contributed by atoms with Crippen LogP contribution in [0, 0.1) is 18.6 Å². The van der Waals surface area contributed by atoms with E-state index in [-0.39, 0.29) is 23.3 Å². The molecule has 0 fully saturated rings. The van der Waals surface area contributed by atoms with E-state index in [1.54, 1.807) is 13.0 Å². The second-order valence-electron chi connectivity index (χ2n) is 5.68. The summed E-state index contributed by atoms with van der Waals surface area (Å²) in [5, 5.41) is 2.70. The number of nitrogens with one attached hydrogen (secondary N) is 1. The number of amides is 1. The molecule has 122 valence electrons. The maximum Gasteiger partial charge on any atom is 0.251 e. The van der Waals surface area contributed by atoms with E-state index in [0.29, 0.717) is 29.7 Å². The van der Waals surface area contributed by atoms with Crippen LogP contribution in [-0.2, 0) is 0 Å². The Balaban J connectivity index is 2.19. The number of carbonyl (C=O) groups is 1. The number of halogens is 2. The predicted molar refractivity (Wildman–Crippen MR) is 87.1 cm³/mol. The molecule has 2 aromatic carbocycles. The van der Waals surface area contributed by atoms with E-state index in [1.165, 1.54) is 30.3 Å². The quantitative estimate of drug-likeness (QED) is 0.887. The zero-order valence-corrected chi connectivity index (χ0v) is 13.2. The third-order valence-electron chi connectivity index (χ3n) is 3.60. The minimum absolute atomic E-state index is 0.00383. The number of aryl methyl sites for hydroxylation is 1. The molecular weight excluding hydrogens is 298 g/mol. The Morgan fingerprint density at radius 1 is 1.17 bits per heavy atom. The summed E-state index contributed by atoms with van der Waals surface area (Å²) < 4.78 is 27.5. The molecule has 2 rings (SSSR count). The topological polar surface area (TPSA) is 55.1 Å². The molecule has 1 amide bonds. The normalized spacial score (nSPS) is 12.0. The monoisotopic (exact) mass is 318 g/mol. The molecule has 0 aliphatic carbocycles. The molecule has 0 spiro atoms. The van der Waals surface area contributed by atoms with Gasteiger partial charge in [-0.05, 0) is 55.7 Å². The molecule has 0 radical (unpaired) electrons. The van der Waals surface area contributed by atoms with Gasteiger partial charge in [-0.2, -0.15) is 0 Å². The third-order valence-corrected chi connectivity index (χ3v) is 3.60. The molecule has 2 aromatic rings. The zero-order chi connectivity index (χ0) is 17.0. The van der Waals surface area contributed by atoms with Gasteiger partial charge in [0.05, 0.1) is 0 Å². The van der Waals surface area contributed by atoms with Crippen LogP contribution >= 0.6 is 0 Å². The van der Waals surface area contributed by atoms with E-state index in [4.69, 9.17) is 5.73 Å². The lowest BCUT2D eigenvalue weighted by molar-refractivity contribution is 0.0952. The summed E-state index contributed by atoms with van der Waals surface area (Å²) in [4.78, 5) is 12.0. The van der Waals surface area contributed by atoms with Crippen molar-refractivity contribution in [2.45, 2.75) is 26.3 Å². The Bertz CT molecular complexity index is 714. The van der Waals surface area contributed by atoms with Crippen molar-refractivity contribution in [2.75, 3.05) is 6.54 Å². The summed E-state index contributed by atoms with van der Waals surface area (Å²) in [5.41, 5.74) is 7.44. The van der Waals surface area contributed by atoms with E-state index < -0.39 is 5.82 Å². The van der Waals surface area contributed by atoms with Crippen LogP contribution in [0.5, 0.6) is 0 Å². The summed E-state index contributed by atoms with van der Waals surface area (Å²) >= 11 is 0. The van der Waals surface area contributed by atoms with Gasteiger partial charge < -0.3 is 11.1 Å². The molecule has 1 unspecified atom stereocenters. The lowest BCUT2D eigenvalue weighted by atomic mass is 9.98. The van der Waals surface area contributed by atoms with Crippen molar-refractivity contribution in [1.29, 1.82) is 0 Å². The first-order valence-corrected chi connectivity index (χ1v) is 7.48. The summed E-state index contributed by atoms with van der Waals surface area (Å²) in [5.74, 6) is -1.22. The van der Waals surface area contributed by atoms with Gasteiger partial charge in [0, 0.05) is 23.7 Å². The first-order valence-electron chi connectivity index (χ1n) is 7.48. The second-order valence-corrected chi connectivity index (χ2v) is 5.68. The number of carbonyl (C=O) groups excluding carboxylic acids is 1. The van der Waals surface area contributed by atoms with Crippen LogP contribution in [0.2, 0.25) is 0 Å². The maximum absolute atomic E-state index is 14.3. The van der Waals surface area contributed by atoms with Gasteiger partial charge in [0.25, 0.3) is 5.91 Å². The van der Waals surface area contributed by atoms with Crippen molar-refractivity contribution in [3.8, 4) is 11.1 Å². The second kappa shape index (κ2) is 7.33. The minimum atomic E-state index is -0.514. The van der Waals surface area contributed by atoms with Crippen LogP contribution < -0.4 is 11.1 Å². The van der Waals surface area contributed by atoms with Gasteiger partial charge in [-0.1, -0.05) is 12.1 Å². The number of nitrogens with two attached hydrogens (primary N) is 1. The Morgan fingerprint density at radius 3 is 2.48 bits per heavy atom. The van der Waals surface area contributed by atoms with Crippen molar-refractivity contribution in [1.82, 2.24) is 5.32 Å². The molecular formula is C18H20F2N2O. The molecule has 1 atom stereocenters. The maximum atomic E-state index is 14.3. The van der Waals surface area contributed by atoms with E-state index in [1.807, 2.05) is 6.92 Å². The van der Waals surface area contributed by atoms with Crippen LogP contribution in [-0.4, -0.2) is 18.5 Å². The molecule has 5 heteroatoms. The smallest absolute Gasteiger partial charge is 0.251 e. The lowest BCUT2D eigenvalue weighted by Crippen LogP contribution is -2.29. The van der Waals surface area contributed by atoms with Crippen molar-refractivity contribution < 1.29 is 13.6 Å². The predicted octanol–water partition coefficient (Wildman–Crippen LogP) is 3.41. The van der Waals surface area contributed by atoms with Gasteiger partial charge in [0.2, 0.25) is 0 Å². The first kappa shape index (κ1) is 17.1. The molecule has 0 bridgehead atoms.